The van der Waals surface area contributed by atoms with E-state index in [1.807, 2.05) is 19.1 Å². The van der Waals surface area contributed by atoms with Crippen molar-refractivity contribution in [2.24, 2.45) is 5.92 Å². The third-order valence-corrected chi connectivity index (χ3v) is 2.94. The highest BCUT2D eigenvalue weighted by atomic mass is 16.7. The molecule has 0 N–H and O–H groups in total. The van der Waals surface area contributed by atoms with Crippen LogP contribution in [0.4, 0.5) is 0 Å². The van der Waals surface area contributed by atoms with Crippen molar-refractivity contribution in [3.05, 3.63) is 25.3 Å². The van der Waals surface area contributed by atoms with Crippen molar-refractivity contribution >= 4 is 5.97 Å². The summed E-state index contributed by atoms with van der Waals surface area (Å²) in [5, 5.41) is 0. The molecule has 3 heteroatoms. The van der Waals surface area contributed by atoms with E-state index in [1.54, 1.807) is 6.92 Å². The fourth-order valence-corrected chi connectivity index (χ4v) is 1.93. The number of ether oxygens (including phenoxy) is 2. The Balaban J connectivity index is 4.21. The molecule has 0 aliphatic carbocycles. The summed E-state index contributed by atoms with van der Waals surface area (Å²) in [4.78, 5) is 12.1. The van der Waals surface area contributed by atoms with Gasteiger partial charge in [0.05, 0.1) is 5.92 Å². The van der Waals surface area contributed by atoms with Crippen LogP contribution in [-0.4, -0.2) is 18.9 Å². The number of hydrogen-bond acceptors (Lipinski definition) is 3. The fraction of sp³-hybridized carbons (Fsp3) is 0.688. The van der Waals surface area contributed by atoms with Gasteiger partial charge in [-0.1, -0.05) is 12.2 Å². The first-order valence-corrected chi connectivity index (χ1v) is 7.19. The van der Waals surface area contributed by atoms with Gasteiger partial charge in [-0.05, 0) is 52.4 Å². The minimum Gasteiger partial charge on any atom is -0.436 e. The third-order valence-electron chi connectivity index (χ3n) is 2.94. The number of esters is 1. The molecule has 1 unspecified atom stereocenters. The van der Waals surface area contributed by atoms with E-state index in [4.69, 9.17) is 9.47 Å². The lowest BCUT2D eigenvalue weighted by molar-refractivity contribution is -0.179. The molecule has 0 aliphatic heterocycles. The molecule has 0 radical (unpaired) electrons. The lowest BCUT2D eigenvalue weighted by Crippen LogP contribution is -2.24. The maximum absolute atomic E-state index is 12.1. The standard InChI is InChI=1S/C16H28O3/c1-5-8-10-12-15(13-11-9-6-2)16(17)19-14(4)18-7-3/h5-6,14-15H,1-2,7-13H2,3-4H3. The van der Waals surface area contributed by atoms with Gasteiger partial charge in [0, 0.05) is 6.61 Å². The van der Waals surface area contributed by atoms with Crippen molar-refractivity contribution in [3.63, 3.8) is 0 Å². The highest BCUT2D eigenvalue weighted by Gasteiger charge is 2.21. The average Bonchev–Trinajstić information content (AvgIpc) is 2.37. The van der Waals surface area contributed by atoms with Gasteiger partial charge in [-0.15, -0.1) is 13.2 Å². The van der Waals surface area contributed by atoms with Gasteiger partial charge in [-0.2, -0.15) is 0 Å². The Morgan fingerprint density at radius 1 is 1.16 bits per heavy atom. The van der Waals surface area contributed by atoms with Crippen LogP contribution < -0.4 is 0 Å². The Kier molecular flexibility index (Phi) is 11.3. The van der Waals surface area contributed by atoms with Gasteiger partial charge in [0.15, 0.2) is 6.29 Å². The molecule has 0 amide bonds. The van der Waals surface area contributed by atoms with E-state index >= 15 is 0 Å². The summed E-state index contributed by atoms with van der Waals surface area (Å²) in [6.07, 6.45) is 8.82. The van der Waals surface area contributed by atoms with Crippen molar-refractivity contribution in [1.82, 2.24) is 0 Å². The minimum atomic E-state index is -0.459. The van der Waals surface area contributed by atoms with Crippen molar-refractivity contribution in [3.8, 4) is 0 Å². The number of rotatable bonds is 12. The zero-order chi connectivity index (χ0) is 14.5. The molecule has 0 fully saturated rings. The molecular formula is C16H28O3. The average molecular weight is 268 g/mol. The van der Waals surface area contributed by atoms with E-state index in [2.05, 4.69) is 13.2 Å². The SMILES string of the molecule is C=CCCCC(CCCC=C)C(=O)OC(C)OCC. The van der Waals surface area contributed by atoms with Crippen molar-refractivity contribution in [1.29, 1.82) is 0 Å². The van der Waals surface area contributed by atoms with Crippen molar-refractivity contribution in [2.75, 3.05) is 6.61 Å². The van der Waals surface area contributed by atoms with Crippen LogP contribution in [0.15, 0.2) is 25.3 Å². The molecule has 19 heavy (non-hydrogen) atoms. The molecule has 0 aromatic carbocycles. The van der Waals surface area contributed by atoms with Crippen LogP contribution >= 0.6 is 0 Å². The second kappa shape index (κ2) is 12.0. The molecule has 3 nitrogen and oxygen atoms in total. The van der Waals surface area contributed by atoms with Crippen LogP contribution in [0.5, 0.6) is 0 Å². The lowest BCUT2D eigenvalue weighted by atomic mass is 9.96. The smallest absolute Gasteiger partial charge is 0.311 e. The Labute approximate surface area is 117 Å². The molecular weight excluding hydrogens is 240 g/mol. The van der Waals surface area contributed by atoms with Crippen LogP contribution in [0.3, 0.4) is 0 Å². The van der Waals surface area contributed by atoms with E-state index in [0.717, 1.165) is 38.5 Å². The molecule has 0 aliphatic rings. The second-order valence-corrected chi connectivity index (χ2v) is 4.60. The van der Waals surface area contributed by atoms with Gasteiger partial charge >= 0.3 is 5.97 Å². The molecule has 0 aromatic rings. The summed E-state index contributed by atoms with van der Waals surface area (Å²) in [6, 6.07) is 0. The number of allylic oxidation sites excluding steroid dienone is 2. The Hall–Kier alpha value is -1.09. The number of unbranched alkanes of at least 4 members (excludes halogenated alkanes) is 2. The van der Waals surface area contributed by atoms with E-state index < -0.39 is 6.29 Å². The fourth-order valence-electron chi connectivity index (χ4n) is 1.93. The molecule has 0 spiro atoms. The zero-order valence-corrected chi connectivity index (χ0v) is 12.4. The Bertz CT molecular complexity index is 247. The monoisotopic (exact) mass is 268 g/mol. The quantitative estimate of drug-likeness (QED) is 0.230. The summed E-state index contributed by atoms with van der Waals surface area (Å²) >= 11 is 0. The van der Waals surface area contributed by atoms with Crippen LogP contribution in [0, 0.1) is 5.92 Å². The van der Waals surface area contributed by atoms with Gasteiger partial charge in [-0.3, -0.25) is 4.79 Å². The van der Waals surface area contributed by atoms with E-state index in [0.29, 0.717) is 6.61 Å². The van der Waals surface area contributed by atoms with E-state index in [9.17, 15) is 4.79 Å². The van der Waals surface area contributed by atoms with Crippen molar-refractivity contribution in [2.45, 2.75) is 58.7 Å². The largest absolute Gasteiger partial charge is 0.436 e. The second-order valence-electron chi connectivity index (χ2n) is 4.60. The van der Waals surface area contributed by atoms with Crippen LogP contribution in [-0.2, 0) is 14.3 Å². The number of hydrogen-bond donors (Lipinski definition) is 0. The Morgan fingerprint density at radius 2 is 1.68 bits per heavy atom. The number of carbonyl (C=O) groups excluding carboxylic acids is 1. The predicted octanol–water partition coefficient (Wildman–Crippen LogP) is 4.24. The lowest BCUT2D eigenvalue weighted by Gasteiger charge is -2.19. The molecule has 0 bridgehead atoms. The normalized spacial score (nSPS) is 12.2. The first-order valence-electron chi connectivity index (χ1n) is 7.19. The first kappa shape index (κ1) is 17.9. The highest BCUT2D eigenvalue weighted by Crippen LogP contribution is 2.19. The van der Waals surface area contributed by atoms with Crippen LogP contribution in [0.2, 0.25) is 0 Å². The molecule has 0 aromatic heterocycles. The topological polar surface area (TPSA) is 35.5 Å². The molecule has 110 valence electrons. The van der Waals surface area contributed by atoms with E-state index in [1.165, 1.54) is 0 Å². The summed E-state index contributed by atoms with van der Waals surface area (Å²) in [6.45, 7) is 11.6. The maximum Gasteiger partial charge on any atom is 0.311 e. The minimum absolute atomic E-state index is 0.0391. The first-order chi connectivity index (χ1) is 9.15. The van der Waals surface area contributed by atoms with Gasteiger partial charge in [0.2, 0.25) is 0 Å². The summed E-state index contributed by atoms with van der Waals surface area (Å²) in [5.74, 6) is -0.183. The predicted molar refractivity (Wildman–Crippen MR) is 78.8 cm³/mol. The molecule has 0 heterocycles. The Morgan fingerprint density at radius 3 is 2.11 bits per heavy atom. The summed E-state index contributed by atoms with van der Waals surface area (Å²) < 4.78 is 10.5. The van der Waals surface area contributed by atoms with Gasteiger partial charge in [0.25, 0.3) is 0 Å². The van der Waals surface area contributed by atoms with Crippen LogP contribution in [0.25, 0.3) is 0 Å². The number of carbonyl (C=O) groups is 1. The molecule has 0 saturated heterocycles. The summed E-state index contributed by atoms with van der Waals surface area (Å²) in [7, 11) is 0. The van der Waals surface area contributed by atoms with E-state index in [-0.39, 0.29) is 11.9 Å². The van der Waals surface area contributed by atoms with Crippen molar-refractivity contribution < 1.29 is 14.3 Å². The molecule has 0 saturated carbocycles. The van der Waals surface area contributed by atoms with Gasteiger partial charge in [0.1, 0.15) is 0 Å². The highest BCUT2D eigenvalue weighted by molar-refractivity contribution is 5.72. The molecule has 1 atom stereocenters. The maximum atomic E-state index is 12.1. The molecule has 0 rings (SSSR count). The zero-order valence-electron chi connectivity index (χ0n) is 12.4. The van der Waals surface area contributed by atoms with Gasteiger partial charge in [-0.25, -0.2) is 0 Å². The summed E-state index contributed by atoms with van der Waals surface area (Å²) in [5.41, 5.74) is 0. The third kappa shape index (κ3) is 9.48. The van der Waals surface area contributed by atoms with Gasteiger partial charge < -0.3 is 9.47 Å². The van der Waals surface area contributed by atoms with Crippen LogP contribution in [0.1, 0.15) is 52.4 Å².